The average molecular weight is 219 g/mol. The van der Waals surface area contributed by atoms with Gasteiger partial charge in [-0.3, -0.25) is 5.11 Å². The van der Waals surface area contributed by atoms with Crippen LogP contribution in [0.3, 0.4) is 0 Å². The molecule has 0 fully saturated rings. The molecule has 1 aromatic rings. The lowest BCUT2D eigenvalue weighted by molar-refractivity contribution is 0.355. The van der Waals surface area contributed by atoms with Crippen LogP contribution in [-0.2, 0) is 5.11 Å². The minimum atomic E-state index is 0.0745. The van der Waals surface area contributed by atoms with Crippen molar-refractivity contribution in [3.63, 3.8) is 0 Å². The Morgan fingerprint density at radius 1 is 1.12 bits per heavy atom. The Hall–Kier alpha value is -0.250. The van der Waals surface area contributed by atoms with E-state index in [-0.39, 0.29) is 5.75 Å². The van der Waals surface area contributed by atoms with Crippen LogP contribution in [0.2, 0.25) is 0 Å². The largest absolute Gasteiger partial charge is 0.290 e. The van der Waals surface area contributed by atoms with Crippen molar-refractivity contribution in [2.75, 3.05) is 0 Å². The van der Waals surface area contributed by atoms with E-state index in [4.69, 9.17) is 0 Å². The molecule has 0 saturated carbocycles. The van der Waals surface area contributed by atoms with Gasteiger partial charge in [-0.05, 0) is 46.9 Å². The number of rotatable bonds is 0. The summed E-state index contributed by atoms with van der Waals surface area (Å²) in [7, 11) is 0. The van der Waals surface area contributed by atoms with Gasteiger partial charge in [0.2, 0.25) is 0 Å². The van der Waals surface area contributed by atoms with Gasteiger partial charge in [0.05, 0.1) is 0 Å². The van der Waals surface area contributed by atoms with Crippen LogP contribution in [-0.4, -0.2) is 0 Å². The summed E-state index contributed by atoms with van der Waals surface area (Å²) in [5.41, 5.74) is 0. The maximum absolute atomic E-state index is 10.4. The lowest BCUT2D eigenvalue weighted by atomic mass is 10.3. The zero-order valence-electron chi connectivity index (χ0n) is 4.10. The van der Waals surface area contributed by atoms with Crippen LogP contribution in [0.15, 0.2) is 24.3 Å². The molecule has 1 nitrogen and oxygen atoms in total. The van der Waals surface area contributed by atoms with Crippen LogP contribution >= 0.6 is 22.6 Å². The Kier molecular flexibility index (Phi) is 1.73. The molecule has 0 spiro atoms. The third-order valence-electron chi connectivity index (χ3n) is 0.814. The second kappa shape index (κ2) is 2.35. The average Bonchev–Trinajstić information content (AvgIpc) is 1.77. The van der Waals surface area contributed by atoms with Gasteiger partial charge in [-0.1, -0.05) is 0 Å². The molecule has 1 aromatic carbocycles. The quantitative estimate of drug-likeness (QED) is 0.597. The Morgan fingerprint density at radius 3 is 2.00 bits per heavy atom. The first-order valence-corrected chi connectivity index (χ1v) is 3.29. The van der Waals surface area contributed by atoms with Gasteiger partial charge in [-0.2, -0.15) is 0 Å². The number of hydrogen-bond acceptors (Lipinski definition) is 0. The smallest absolute Gasteiger partial charge is 0.178 e. The van der Waals surface area contributed by atoms with Gasteiger partial charge >= 0.3 is 0 Å². The fraction of sp³-hybridized carbons (Fsp3) is 0. The van der Waals surface area contributed by atoms with E-state index >= 15 is 0 Å². The highest BCUT2D eigenvalue weighted by molar-refractivity contribution is 14.1. The number of halogens is 1. The molecule has 0 bridgehead atoms. The molecule has 1 radical (unpaired) electrons. The zero-order valence-corrected chi connectivity index (χ0v) is 6.25. The molecular weight excluding hydrogens is 215 g/mol. The van der Waals surface area contributed by atoms with Gasteiger partial charge in [-0.15, -0.1) is 0 Å². The van der Waals surface area contributed by atoms with E-state index in [0.717, 1.165) is 3.57 Å². The van der Waals surface area contributed by atoms with E-state index in [1.165, 1.54) is 0 Å². The highest BCUT2D eigenvalue weighted by Crippen LogP contribution is 2.11. The van der Waals surface area contributed by atoms with Crippen molar-refractivity contribution in [1.82, 2.24) is 0 Å². The lowest BCUT2D eigenvalue weighted by Gasteiger charge is -1.84. The van der Waals surface area contributed by atoms with Gasteiger partial charge in [0.1, 0.15) is 0 Å². The molecule has 0 N–H and O–H groups in total. The van der Waals surface area contributed by atoms with Gasteiger partial charge in [-0.25, -0.2) is 0 Å². The van der Waals surface area contributed by atoms with Crippen molar-refractivity contribution >= 4 is 22.6 Å². The van der Waals surface area contributed by atoms with Crippen LogP contribution in [0.4, 0.5) is 0 Å². The summed E-state index contributed by atoms with van der Waals surface area (Å²) in [4.78, 5) is 0. The minimum Gasteiger partial charge on any atom is -0.290 e. The van der Waals surface area contributed by atoms with Gasteiger partial charge in [0, 0.05) is 3.57 Å². The zero-order chi connectivity index (χ0) is 5.98. The summed E-state index contributed by atoms with van der Waals surface area (Å²) in [6.45, 7) is 0. The van der Waals surface area contributed by atoms with E-state index in [2.05, 4.69) is 22.6 Å². The Morgan fingerprint density at radius 2 is 1.62 bits per heavy atom. The Bertz CT molecular complexity index is 147. The Balaban J connectivity index is 3.03. The highest BCUT2D eigenvalue weighted by Gasteiger charge is 1.86. The molecular formula is C6H4IO. The molecule has 0 unspecified atom stereocenters. The first kappa shape index (κ1) is 5.88. The van der Waals surface area contributed by atoms with E-state index in [0.29, 0.717) is 0 Å². The molecule has 0 atom stereocenters. The maximum atomic E-state index is 10.4. The predicted molar refractivity (Wildman–Crippen MR) is 39.3 cm³/mol. The second-order valence-electron chi connectivity index (χ2n) is 1.45. The summed E-state index contributed by atoms with van der Waals surface area (Å²) in [5.74, 6) is 0.0745. The van der Waals surface area contributed by atoms with E-state index in [1.54, 1.807) is 24.3 Å². The number of benzene rings is 1. The highest BCUT2D eigenvalue weighted by atomic mass is 127. The summed E-state index contributed by atoms with van der Waals surface area (Å²) in [5, 5.41) is 10.4. The van der Waals surface area contributed by atoms with E-state index in [9.17, 15) is 5.11 Å². The van der Waals surface area contributed by atoms with Crippen molar-refractivity contribution in [3.05, 3.63) is 27.8 Å². The predicted octanol–water partition coefficient (Wildman–Crippen LogP) is 2.44. The van der Waals surface area contributed by atoms with Crippen LogP contribution in [0.25, 0.3) is 0 Å². The van der Waals surface area contributed by atoms with Crippen LogP contribution in [0.5, 0.6) is 5.75 Å². The molecule has 0 aliphatic heterocycles. The normalized spacial score (nSPS) is 9.12. The van der Waals surface area contributed by atoms with Crippen molar-refractivity contribution in [3.8, 4) is 5.75 Å². The van der Waals surface area contributed by atoms with E-state index < -0.39 is 0 Å². The molecule has 0 aliphatic carbocycles. The third-order valence-corrected chi connectivity index (χ3v) is 1.53. The van der Waals surface area contributed by atoms with Crippen LogP contribution < -0.4 is 0 Å². The first-order valence-electron chi connectivity index (χ1n) is 2.21. The summed E-state index contributed by atoms with van der Waals surface area (Å²) in [6.07, 6.45) is 0. The molecule has 41 valence electrons. The summed E-state index contributed by atoms with van der Waals surface area (Å²) >= 11 is 2.16. The van der Waals surface area contributed by atoms with Gasteiger partial charge in [0.15, 0.2) is 5.75 Å². The summed E-state index contributed by atoms with van der Waals surface area (Å²) < 4.78 is 1.10. The summed E-state index contributed by atoms with van der Waals surface area (Å²) in [6, 6.07) is 6.70. The molecule has 8 heavy (non-hydrogen) atoms. The third kappa shape index (κ3) is 1.36. The molecule has 0 heterocycles. The molecule has 1 rings (SSSR count). The maximum Gasteiger partial charge on any atom is 0.178 e. The van der Waals surface area contributed by atoms with Crippen molar-refractivity contribution < 1.29 is 5.11 Å². The second-order valence-corrected chi connectivity index (χ2v) is 2.70. The molecule has 0 aliphatic rings. The fourth-order valence-corrected chi connectivity index (χ4v) is 0.794. The fourth-order valence-electron chi connectivity index (χ4n) is 0.435. The molecule has 2 heteroatoms. The van der Waals surface area contributed by atoms with Gasteiger partial charge < -0.3 is 0 Å². The van der Waals surface area contributed by atoms with Crippen LogP contribution in [0, 0.1) is 3.57 Å². The monoisotopic (exact) mass is 219 g/mol. The van der Waals surface area contributed by atoms with Crippen LogP contribution in [0.1, 0.15) is 0 Å². The molecule has 0 saturated heterocycles. The van der Waals surface area contributed by atoms with E-state index in [1.807, 2.05) is 0 Å². The molecule has 0 aromatic heterocycles. The van der Waals surface area contributed by atoms with Crippen molar-refractivity contribution in [1.29, 1.82) is 0 Å². The SMILES string of the molecule is [O]c1ccc(I)cc1. The topological polar surface area (TPSA) is 19.9 Å². The lowest BCUT2D eigenvalue weighted by Crippen LogP contribution is -1.64. The molecule has 0 amide bonds. The first-order chi connectivity index (χ1) is 3.79. The van der Waals surface area contributed by atoms with Crippen molar-refractivity contribution in [2.45, 2.75) is 0 Å². The Labute approximate surface area is 61.5 Å². The number of hydrogen-bond donors (Lipinski definition) is 0. The van der Waals surface area contributed by atoms with Gasteiger partial charge in [0.25, 0.3) is 0 Å². The standard InChI is InChI=1S/C6H4IO/c7-5-1-3-6(8)4-2-5/h1-4H. The minimum absolute atomic E-state index is 0.0745. The van der Waals surface area contributed by atoms with Crippen molar-refractivity contribution in [2.24, 2.45) is 0 Å².